The van der Waals surface area contributed by atoms with E-state index in [1.165, 1.54) is 0 Å². The SMILES string of the molecule is CCNC(=NCc1ccn[nH]1)N1CCOC(c2cnn(C)c2)C1.I. The van der Waals surface area contributed by atoms with Crippen LogP contribution in [0.5, 0.6) is 0 Å². The number of hydrogen-bond donors (Lipinski definition) is 2. The largest absolute Gasteiger partial charge is 0.370 e. The van der Waals surface area contributed by atoms with Crippen molar-refractivity contribution in [2.24, 2.45) is 12.0 Å². The summed E-state index contributed by atoms with van der Waals surface area (Å²) in [4.78, 5) is 6.93. The molecule has 0 bridgehead atoms. The molecular weight excluding hydrogens is 421 g/mol. The van der Waals surface area contributed by atoms with Gasteiger partial charge in [0.1, 0.15) is 6.10 Å². The number of halogens is 1. The molecule has 9 heteroatoms. The molecule has 1 saturated heterocycles. The van der Waals surface area contributed by atoms with Crippen LogP contribution in [0.2, 0.25) is 0 Å². The van der Waals surface area contributed by atoms with Crippen LogP contribution in [-0.4, -0.2) is 57.1 Å². The van der Waals surface area contributed by atoms with Gasteiger partial charge in [-0.15, -0.1) is 24.0 Å². The van der Waals surface area contributed by atoms with Gasteiger partial charge in [0.2, 0.25) is 0 Å². The highest BCUT2D eigenvalue weighted by Crippen LogP contribution is 2.21. The molecule has 2 N–H and O–H groups in total. The fourth-order valence-corrected chi connectivity index (χ4v) is 2.61. The van der Waals surface area contributed by atoms with E-state index in [4.69, 9.17) is 9.73 Å². The number of hydrogen-bond acceptors (Lipinski definition) is 4. The molecule has 0 radical (unpaired) electrons. The molecule has 1 unspecified atom stereocenters. The molecule has 0 aliphatic carbocycles. The summed E-state index contributed by atoms with van der Waals surface area (Å²) in [6, 6.07) is 1.94. The smallest absolute Gasteiger partial charge is 0.194 e. The molecule has 3 rings (SSSR count). The minimum Gasteiger partial charge on any atom is -0.370 e. The number of aliphatic imine (C=N–C) groups is 1. The van der Waals surface area contributed by atoms with Crippen LogP contribution in [0.1, 0.15) is 24.3 Å². The Hall–Kier alpha value is -1.62. The third-order valence-corrected chi connectivity index (χ3v) is 3.76. The fourth-order valence-electron chi connectivity index (χ4n) is 2.61. The average molecular weight is 445 g/mol. The summed E-state index contributed by atoms with van der Waals surface area (Å²) in [5.41, 5.74) is 2.10. The zero-order valence-electron chi connectivity index (χ0n) is 14.0. The first-order valence-electron chi connectivity index (χ1n) is 7.88. The molecule has 0 spiro atoms. The molecule has 0 saturated carbocycles. The number of rotatable bonds is 4. The molecule has 2 aromatic rings. The van der Waals surface area contributed by atoms with Crippen LogP contribution in [0.15, 0.2) is 29.6 Å². The van der Waals surface area contributed by atoms with Crippen LogP contribution in [-0.2, 0) is 18.3 Å². The van der Waals surface area contributed by atoms with Gasteiger partial charge in [0.05, 0.1) is 31.6 Å². The first kappa shape index (κ1) is 18.7. The molecule has 132 valence electrons. The first-order valence-corrected chi connectivity index (χ1v) is 7.88. The van der Waals surface area contributed by atoms with Crippen molar-refractivity contribution in [3.05, 3.63) is 35.9 Å². The van der Waals surface area contributed by atoms with Gasteiger partial charge in [-0.1, -0.05) is 0 Å². The van der Waals surface area contributed by atoms with Crippen molar-refractivity contribution in [3.8, 4) is 0 Å². The second-order valence-electron chi connectivity index (χ2n) is 5.50. The summed E-state index contributed by atoms with van der Waals surface area (Å²) in [6.45, 7) is 5.75. The second kappa shape index (κ2) is 9.02. The summed E-state index contributed by atoms with van der Waals surface area (Å²) >= 11 is 0. The molecule has 1 fully saturated rings. The number of H-pyrrole nitrogens is 1. The Bertz CT molecular complexity index is 640. The minimum atomic E-state index is 0. The number of aromatic amines is 1. The van der Waals surface area contributed by atoms with E-state index in [1.807, 2.05) is 25.5 Å². The van der Waals surface area contributed by atoms with Crippen LogP contribution >= 0.6 is 24.0 Å². The highest BCUT2D eigenvalue weighted by Gasteiger charge is 2.25. The van der Waals surface area contributed by atoms with Gasteiger partial charge in [-0.2, -0.15) is 10.2 Å². The molecule has 24 heavy (non-hydrogen) atoms. The number of morpholine rings is 1. The number of ether oxygens (including phenoxy) is 1. The summed E-state index contributed by atoms with van der Waals surface area (Å²) in [7, 11) is 1.92. The number of guanidine groups is 1. The Kier molecular flexibility index (Phi) is 7.03. The lowest BCUT2D eigenvalue weighted by molar-refractivity contribution is -0.00805. The van der Waals surface area contributed by atoms with Crippen LogP contribution in [0.3, 0.4) is 0 Å². The maximum absolute atomic E-state index is 5.89. The van der Waals surface area contributed by atoms with E-state index in [0.29, 0.717) is 13.2 Å². The van der Waals surface area contributed by atoms with Gasteiger partial charge in [-0.25, -0.2) is 4.99 Å². The topological polar surface area (TPSA) is 83.4 Å². The van der Waals surface area contributed by atoms with Gasteiger partial charge < -0.3 is 15.0 Å². The van der Waals surface area contributed by atoms with Gasteiger partial charge in [-0.3, -0.25) is 9.78 Å². The average Bonchev–Trinajstić information content (AvgIpc) is 3.23. The standard InChI is InChI=1S/C15H23N7O.HI/c1-3-16-15(17-9-13-4-5-18-20-13)22-6-7-23-14(11-22)12-8-19-21(2)10-12;/h4-5,8,10,14H,3,6-7,9,11H2,1-2H3,(H,16,17)(H,18,20);1H. The lowest BCUT2D eigenvalue weighted by Crippen LogP contribution is -2.48. The quantitative estimate of drug-likeness (QED) is 0.421. The van der Waals surface area contributed by atoms with Crippen molar-refractivity contribution >= 4 is 29.9 Å². The van der Waals surface area contributed by atoms with E-state index in [-0.39, 0.29) is 30.1 Å². The molecule has 1 atom stereocenters. The van der Waals surface area contributed by atoms with E-state index in [0.717, 1.165) is 36.9 Å². The van der Waals surface area contributed by atoms with Crippen molar-refractivity contribution in [1.82, 2.24) is 30.2 Å². The predicted molar refractivity (Wildman–Crippen MR) is 102 cm³/mol. The van der Waals surface area contributed by atoms with E-state index >= 15 is 0 Å². The number of aromatic nitrogens is 4. The molecule has 3 heterocycles. The third-order valence-electron chi connectivity index (χ3n) is 3.76. The number of nitrogens with zero attached hydrogens (tertiary/aromatic N) is 5. The van der Waals surface area contributed by atoms with Gasteiger partial charge >= 0.3 is 0 Å². The zero-order chi connectivity index (χ0) is 16.1. The summed E-state index contributed by atoms with van der Waals surface area (Å²) in [5, 5.41) is 14.5. The Labute approximate surface area is 158 Å². The first-order chi connectivity index (χ1) is 11.3. The summed E-state index contributed by atoms with van der Waals surface area (Å²) < 4.78 is 7.69. The summed E-state index contributed by atoms with van der Waals surface area (Å²) in [5.74, 6) is 0.902. The third kappa shape index (κ3) is 4.69. The fraction of sp³-hybridized carbons (Fsp3) is 0.533. The van der Waals surface area contributed by atoms with E-state index in [1.54, 1.807) is 10.9 Å². The van der Waals surface area contributed by atoms with Crippen LogP contribution in [0.25, 0.3) is 0 Å². The van der Waals surface area contributed by atoms with Crippen LogP contribution in [0, 0.1) is 0 Å². The maximum Gasteiger partial charge on any atom is 0.194 e. The van der Waals surface area contributed by atoms with E-state index in [9.17, 15) is 0 Å². The van der Waals surface area contributed by atoms with Crippen LogP contribution < -0.4 is 5.32 Å². The van der Waals surface area contributed by atoms with E-state index < -0.39 is 0 Å². The van der Waals surface area contributed by atoms with Crippen molar-refractivity contribution in [3.63, 3.8) is 0 Å². The van der Waals surface area contributed by atoms with Crippen molar-refractivity contribution < 1.29 is 4.74 Å². The molecular formula is C15H24IN7O. The number of nitrogens with one attached hydrogen (secondary N) is 2. The lowest BCUT2D eigenvalue weighted by atomic mass is 10.1. The maximum atomic E-state index is 5.89. The molecule has 2 aromatic heterocycles. The molecule has 1 aliphatic rings. The van der Waals surface area contributed by atoms with E-state index in [2.05, 4.69) is 32.4 Å². The van der Waals surface area contributed by atoms with Crippen LogP contribution in [0.4, 0.5) is 0 Å². The Morgan fingerprint density at radius 2 is 2.42 bits per heavy atom. The number of aryl methyl sites for hydroxylation is 1. The van der Waals surface area contributed by atoms with Gasteiger partial charge in [-0.05, 0) is 13.0 Å². The van der Waals surface area contributed by atoms with Gasteiger partial charge in [0.25, 0.3) is 0 Å². The summed E-state index contributed by atoms with van der Waals surface area (Å²) in [6.07, 6.45) is 5.63. The second-order valence-corrected chi connectivity index (χ2v) is 5.50. The molecule has 0 amide bonds. The zero-order valence-corrected chi connectivity index (χ0v) is 16.3. The predicted octanol–water partition coefficient (Wildman–Crippen LogP) is 1.30. The monoisotopic (exact) mass is 445 g/mol. The highest BCUT2D eigenvalue weighted by atomic mass is 127. The molecule has 1 aliphatic heterocycles. The Morgan fingerprint density at radius 1 is 1.54 bits per heavy atom. The van der Waals surface area contributed by atoms with Crippen molar-refractivity contribution in [2.75, 3.05) is 26.2 Å². The highest BCUT2D eigenvalue weighted by molar-refractivity contribution is 14.0. The Balaban J connectivity index is 0.00000208. The minimum absolute atomic E-state index is 0. The van der Waals surface area contributed by atoms with Gasteiger partial charge in [0, 0.05) is 38.1 Å². The molecule has 8 nitrogen and oxygen atoms in total. The van der Waals surface area contributed by atoms with Crippen molar-refractivity contribution in [2.45, 2.75) is 19.6 Å². The normalized spacial score (nSPS) is 18.3. The Morgan fingerprint density at radius 3 is 3.08 bits per heavy atom. The van der Waals surface area contributed by atoms with Crippen molar-refractivity contribution in [1.29, 1.82) is 0 Å². The molecule has 0 aromatic carbocycles. The van der Waals surface area contributed by atoms with Gasteiger partial charge in [0.15, 0.2) is 5.96 Å². The lowest BCUT2D eigenvalue weighted by Gasteiger charge is -2.34.